The van der Waals surface area contributed by atoms with Crippen molar-refractivity contribution in [1.82, 2.24) is 0 Å². The predicted octanol–water partition coefficient (Wildman–Crippen LogP) is 5.84. The summed E-state index contributed by atoms with van der Waals surface area (Å²) in [4.78, 5) is 23.9. The number of fused-ring (bicyclic) bond motifs is 1. The van der Waals surface area contributed by atoms with Crippen molar-refractivity contribution in [3.8, 4) is 11.8 Å². The lowest BCUT2D eigenvalue weighted by Crippen LogP contribution is -2.13. The lowest BCUT2D eigenvalue weighted by atomic mass is 10.1. The number of halogens is 2. The third-order valence-electron chi connectivity index (χ3n) is 3.98. The maximum absolute atomic E-state index is 12.7. The average Bonchev–Trinajstić information content (AvgIpc) is 2.69. The summed E-state index contributed by atoms with van der Waals surface area (Å²) in [6.45, 7) is 1.30. The Kier molecular flexibility index (Phi) is 6.47. The van der Waals surface area contributed by atoms with Crippen molar-refractivity contribution in [1.29, 1.82) is 5.26 Å². The first-order valence-electron chi connectivity index (χ1n) is 8.47. The summed E-state index contributed by atoms with van der Waals surface area (Å²) in [6, 6.07) is 18.5. The van der Waals surface area contributed by atoms with Crippen molar-refractivity contribution < 1.29 is 14.3 Å². The maximum atomic E-state index is 12.7. The molecule has 3 aromatic carbocycles. The van der Waals surface area contributed by atoms with E-state index in [0.29, 0.717) is 25.9 Å². The molecular weight excluding hydrogens is 500 g/mol. The van der Waals surface area contributed by atoms with E-state index < -0.39 is 11.9 Å². The molecule has 0 aromatic heterocycles. The van der Waals surface area contributed by atoms with Gasteiger partial charge in [-0.2, -0.15) is 5.26 Å². The number of nitriles is 1. The number of hydrogen-bond donors (Lipinski definition) is 1. The number of anilines is 1. The highest BCUT2D eigenvalue weighted by Crippen LogP contribution is 2.35. The van der Waals surface area contributed by atoms with E-state index in [-0.39, 0.29) is 5.57 Å². The minimum atomic E-state index is -0.514. The molecule has 0 aliphatic rings. The minimum absolute atomic E-state index is 0.0584. The van der Waals surface area contributed by atoms with E-state index in [1.165, 1.54) is 13.0 Å². The van der Waals surface area contributed by atoms with Crippen molar-refractivity contribution in [2.75, 3.05) is 5.32 Å². The highest BCUT2D eigenvalue weighted by atomic mass is 79.9. The Bertz CT molecular complexity index is 1170. The quantitative estimate of drug-likeness (QED) is 0.206. The highest BCUT2D eigenvalue weighted by Gasteiger charge is 2.14. The van der Waals surface area contributed by atoms with Crippen LogP contribution in [0.4, 0.5) is 5.69 Å². The van der Waals surface area contributed by atoms with Gasteiger partial charge in [0.2, 0.25) is 0 Å². The Morgan fingerprint density at radius 2 is 1.72 bits per heavy atom. The number of carbonyl (C=O) groups excluding carboxylic acids is 2. The number of esters is 1. The number of nitrogens with one attached hydrogen (secondary N) is 1. The van der Waals surface area contributed by atoms with E-state index in [1.807, 2.05) is 42.5 Å². The number of ether oxygens (including phenoxy) is 1. The van der Waals surface area contributed by atoms with Crippen LogP contribution in [0.15, 0.2) is 69.1 Å². The third-order valence-corrected chi connectivity index (χ3v) is 5.16. The topological polar surface area (TPSA) is 79.2 Å². The molecule has 0 spiro atoms. The smallest absolute Gasteiger partial charge is 0.308 e. The molecule has 1 N–H and O–H groups in total. The maximum Gasteiger partial charge on any atom is 0.308 e. The Morgan fingerprint density at radius 3 is 2.38 bits per heavy atom. The zero-order valence-electron chi connectivity index (χ0n) is 15.2. The molecule has 5 nitrogen and oxygen atoms in total. The summed E-state index contributed by atoms with van der Waals surface area (Å²) < 4.78 is 6.16. The van der Waals surface area contributed by atoms with Gasteiger partial charge in [-0.05, 0) is 67.1 Å². The molecule has 0 bridgehead atoms. The summed E-state index contributed by atoms with van der Waals surface area (Å²) in [5, 5.41) is 14.2. The molecule has 0 aliphatic heterocycles. The highest BCUT2D eigenvalue weighted by molar-refractivity contribution is 9.11. The van der Waals surface area contributed by atoms with Crippen LogP contribution in [0.2, 0.25) is 0 Å². The Morgan fingerprint density at radius 1 is 1.07 bits per heavy atom. The van der Waals surface area contributed by atoms with Gasteiger partial charge in [0.05, 0.1) is 8.95 Å². The molecule has 0 saturated carbocycles. The Labute approximate surface area is 184 Å². The predicted molar refractivity (Wildman–Crippen MR) is 119 cm³/mol. The number of hydrogen-bond acceptors (Lipinski definition) is 4. The third kappa shape index (κ3) is 4.91. The van der Waals surface area contributed by atoms with Crippen molar-refractivity contribution in [2.24, 2.45) is 0 Å². The zero-order chi connectivity index (χ0) is 21.0. The molecule has 7 heteroatoms. The molecule has 1 amide bonds. The van der Waals surface area contributed by atoms with Crippen molar-refractivity contribution in [3.63, 3.8) is 0 Å². The number of amides is 1. The van der Waals surface area contributed by atoms with Crippen molar-refractivity contribution in [2.45, 2.75) is 6.92 Å². The van der Waals surface area contributed by atoms with Crippen LogP contribution in [0.1, 0.15) is 12.5 Å². The van der Waals surface area contributed by atoms with Crippen LogP contribution < -0.4 is 10.1 Å². The van der Waals surface area contributed by atoms with Crippen LogP contribution in [0, 0.1) is 11.3 Å². The number of nitrogens with zero attached hydrogens (tertiary/aromatic N) is 1. The van der Waals surface area contributed by atoms with Crippen LogP contribution in [0.5, 0.6) is 5.75 Å². The molecule has 0 fully saturated rings. The molecule has 3 aromatic rings. The normalized spacial score (nSPS) is 11.0. The molecule has 144 valence electrons. The number of carbonyl (C=O) groups is 2. The molecule has 0 saturated heterocycles. The van der Waals surface area contributed by atoms with Crippen molar-refractivity contribution in [3.05, 3.63) is 74.7 Å². The van der Waals surface area contributed by atoms with Crippen LogP contribution in [0.25, 0.3) is 16.8 Å². The van der Waals surface area contributed by atoms with Gasteiger partial charge in [-0.3, -0.25) is 9.59 Å². The Balaban J connectivity index is 1.91. The number of benzene rings is 3. The van der Waals surface area contributed by atoms with E-state index in [1.54, 1.807) is 18.2 Å². The second-order valence-corrected chi connectivity index (χ2v) is 7.77. The summed E-state index contributed by atoms with van der Waals surface area (Å²) in [5.41, 5.74) is 1.16. The van der Waals surface area contributed by atoms with E-state index in [4.69, 9.17) is 4.74 Å². The molecule has 0 atom stereocenters. The molecule has 3 rings (SSSR count). The fraction of sp³-hybridized carbons (Fsp3) is 0.0455. The van der Waals surface area contributed by atoms with Crippen LogP contribution >= 0.6 is 31.9 Å². The first-order chi connectivity index (χ1) is 13.9. The second kappa shape index (κ2) is 9.03. The molecule has 29 heavy (non-hydrogen) atoms. The van der Waals surface area contributed by atoms with Crippen molar-refractivity contribution >= 4 is 66.3 Å². The van der Waals surface area contributed by atoms with Gasteiger partial charge >= 0.3 is 5.97 Å². The van der Waals surface area contributed by atoms with E-state index >= 15 is 0 Å². The van der Waals surface area contributed by atoms with Gasteiger partial charge in [-0.25, -0.2) is 0 Å². The summed E-state index contributed by atoms with van der Waals surface area (Å²) in [7, 11) is 0. The first kappa shape index (κ1) is 20.8. The Hall–Kier alpha value is -2.95. The lowest BCUT2D eigenvalue weighted by Gasteiger charge is -2.09. The standard InChI is InChI=1S/C22H14Br2N2O3/c1-13(27)29-21-18(23)10-14(11-19(21)24)9-16(12-25)22(28)26-20-8-4-6-15-5-2-3-7-17(15)20/h2-11H,1H3,(H,26,28)/b16-9+. The van der Waals surface area contributed by atoms with Gasteiger partial charge in [-0.1, -0.05) is 36.4 Å². The summed E-state index contributed by atoms with van der Waals surface area (Å²) in [5.74, 6) is -0.643. The summed E-state index contributed by atoms with van der Waals surface area (Å²) >= 11 is 6.67. The minimum Gasteiger partial charge on any atom is -0.424 e. The molecule has 0 heterocycles. The molecule has 0 radical (unpaired) electrons. The fourth-order valence-electron chi connectivity index (χ4n) is 2.74. The molecule has 0 aliphatic carbocycles. The van der Waals surface area contributed by atoms with Gasteiger partial charge in [0, 0.05) is 18.0 Å². The van der Waals surface area contributed by atoms with Crippen LogP contribution in [-0.4, -0.2) is 11.9 Å². The fourth-order valence-corrected chi connectivity index (χ4v) is 4.13. The van der Waals surface area contributed by atoms with E-state index in [0.717, 1.165) is 10.8 Å². The van der Waals surface area contributed by atoms with Gasteiger partial charge in [0.25, 0.3) is 5.91 Å². The SMILES string of the molecule is CC(=O)Oc1c(Br)cc(/C=C(\C#N)C(=O)Nc2cccc3ccccc23)cc1Br. The summed E-state index contributed by atoms with van der Waals surface area (Å²) in [6.07, 6.45) is 1.47. The molecular formula is C22H14Br2N2O3. The van der Waals surface area contributed by atoms with E-state index in [2.05, 4.69) is 37.2 Å². The van der Waals surface area contributed by atoms with Gasteiger partial charge in [-0.15, -0.1) is 0 Å². The van der Waals surface area contributed by atoms with Gasteiger partial charge in [0.1, 0.15) is 11.6 Å². The second-order valence-electron chi connectivity index (χ2n) is 6.06. The monoisotopic (exact) mass is 512 g/mol. The first-order valence-corrected chi connectivity index (χ1v) is 10.1. The number of rotatable bonds is 4. The largest absolute Gasteiger partial charge is 0.424 e. The van der Waals surface area contributed by atoms with Crippen LogP contribution in [0.3, 0.4) is 0 Å². The average molecular weight is 514 g/mol. The van der Waals surface area contributed by atoms with E-state index in [9.17, 15) is 14.9 Å². The zero-order valence-corrected chi connectivity index (χ0v) is 18.4. The van der Waals surface area contributed by atoms with Gasteiger partial charge in [0.15, 0.2) is 5.75 Å². The van der Waals surface area contributed by atoms with Gasteiger partial charge < -0.3 is 10.1 Å². The van der Waals surface area contributed by atoms with Crippen LogP contribution in [-0.2, 0) is 9.59 Å². The lowest BCUT2D eigenvalue weighted by molar-refractivity contribution is -0.132. The molecule has 0 unspecified atom stereocenters.